The fourth-order valence-corrected chi connectivity index (χ4v) is 2.29. The lowest BCUT2D eigenvalue weighted by Crippen LogP contribution is -2.32. The van der Waals surface area contributed by atoms with E-state index in [1.165, 1.54) is 18.2 Å². The Morgan fingerprint density at radius 1 is 1.50 bits per heavy atom. The summed E-state index contributed by atoms with van der Waals surface area (Å²) >= 11 is 0. The van der Waals surface area contributed by atoms with Gasteiger partial charge in [0, 0.05) is 24.7 Å². The van der Waals surface area contributed by atoms with Gasteiger partial charge in [0.2, 0.25) is 0 Å². The third-order valence-corrected chi connectivity index (χ3v) is 3.24. The normalized spacial score (nSPS) is 24.1. The fourth-order valence-electron chi connectivity index (χ4n) is 2.29. The summed E-state index contributed by atoms with van der Waals surface area (Å²) in [5.74, 6) is -0.409. The SMILES string of the molecule is N#Cc1ccc(F)c(CN2C[C@@H](F)C[C@H]2CO)c1. The van der Waals surface area contributed by atoms with Crippen molar-refractivity contribution >= 4 is 0 Å². The van der Waals surface area contributed by atoms with Crippen molar-refractivity contribution in [1.82, 2.24) is 4.90 Å². The molecule has 1 fully saturated rings. The number of nitrogens with zero attached hydrogens (tertiary/aromatic N) is 2. The number of hydrogen-bond donors (Lipinski definition) is 1. The zero-order valence-electron chi connectivity index (χ0n) is 9.81. The van der Waals surface area contributed by atoms with Gasteiger partial charge in [-0.05, 0) is 24.6 Å². The van der Waals surface area contributed by atoms with Crippen LogP contribution >= 0.6 is 0 Å². The van der Waals surface area contributed by atoms with Crippen LogP contribution in [0.2, 0.25) is 0 Å². The van der Waals surface area contributed by atoms with E-state index >= 15 is 0 Å². The molecule has 0 amide bonds. The maximum absolute atomic E-state index is 13.6. The van der Waals surface area contributed by atoms with E-state index in [0.717, 1.165) is 0 Å². The van der Waals surface area contributed by atoms with E-state index in [1.54, 1.807) is 4.90 Å². The monoisotopic (exact) mass is 252 g/mol. The van der Waals surface area contributed by atoms with Crippen molar-refractivity contribution in [1.29, 1.82) is 5.26 Å². The minimum Gasteiger partial charge on any atom is -0.395 e. The molecule has 2 atom stereocenters. The highest BCUT2D eigenvalue weighted by Crippen LogP contribution is 2.23. The van der Waals surface area contributed by atoms with Crippen LogP contribution in [-0.4, -0.2) is 35.4 Å². The average Bonchev–Trinajstić information content (AvgIpc) is 2.72. The first-order valence-electron chi connectivity index (χ1n) is 5.81. The van der Waals surface area contributed by atoms with E-state index in [-0.39, 0.29) is 32.2 Å². The molecule has 1 aromatic carbocycles. The number of halogens is 2. The summed E-state index contributed by atoms with van der Waals surface area (Å²) in [6, 6.07) is 5.79. The van der Waals surface area contributed by atoms with Gasteiger partial charge in [0.1, 0.15) is 12.0 Å². The highest BCUT2D eigenvalue weighted by molar-refractivity contribution is 5.33. The van der Waals surface area contributed by atoms with Crippen molar-refractivity contribution in [3.8, 4) is 6.07 Å². The van der Waals surface area contributed by atoms with Crippen LogP contribution < -0.4 is 0 Å². The van der Waals surface area contributed by atoms with Crippen LogP contribution in [-0.2, 0) is 6.54 Å². The van der Waals surface area contributed by atoms with Gasteiger partial charge in [0.15, 0.2) is 0 Å². The highest BCUT2D eigenvalue weighted by atomic mass is 19.1. The third kappa shape index (κ3) is 2.66. The molecule has 1 aliphatic rings. The predicted octanol–water partition coefficient (Wildman–Crippen LogP) is 1.60. The number of hydrogen-bond acceptors (Lipinski definition) is 3. The zero-order valence-corrected chi connectivity index (χ0v) is 9.81. The molecular weight excluding hydrogens is 238 g/mol. The zero-order chi connectivity index (χ0) is 13.1. The van der Waals surface area contributed by atoms with Crippen LogP contribution in [0.15, 0.2) is 18.2 Å². The Bertz CT molecular complexity index is 473. The fraction of sp³-hybridized carbons (Fsp3) is 0.462. The van der Waals surface area contributed by atoms with Crippen LogP contribution in [0.1, 0.15) is 17.5 Å². The second-order valence-corrected chi connectivity index (χ2v) is 4.52. The molecule has 0 saturated carbocycles. The molecular formula is C13H14F2N2O. The standard InChI is InChI=1S/C13H14F2N2O/c14-11-4-12(8-18)17(7-11)6-10-3-9(5-16)1-2-13(10)15/h1-3,11-12,18H,4,6-8H2/t11-,12-/m0/s1. The Morgan fingerprint density at radius 2 is 2.28 bits per heavy atom. The summed E-state index contributed by atoms with van der Waals surface area (Å²) in [5, 5.41) is 17.9. The lowest BCUT2D eigenvalue weighted by atomic mass is 10.1. The minimum absolute atomic E-state index is 0.139. The van der Waals surface area contributed by atoms with E-state index in [9.17, 15) is 8.78 Å². The molecule has 0 radical (unpaired) electrons. The van der Waals surface area contributed by atoms with Gasteiger partial charge >= 0.3 is 0 Å². The minimum atomic E-state index is -0.982. The number of benzene rings is 1. The summed E-state index contributed by atoms with van der Waals surface area (Å²) in [5.41, 5.74) is 0.740. The van der Waals surface area contributed by atoms with E-state index in [4.69, 9.17) is 10.4 Å². The first-order valence-corrected chi connectivity index (χ1v) is 5.81. The van der Waals surface area contributed by atoms with E-state index in [2.05, 4.69) is 0 Å². The van der Waals surface area contributed by atoms with Crippen molar-refractivity contribution in [2.24, 2.45) is 0 Å². The largest absolute Gasteiger partial charge is 0.395 e. The molecule has 18 heavy (non-hydrogen) atoms. The highest BCUT2D eigenvalue weighted by Gasteiger charge is 2.31. The Balaban J connectivity index is 2.16. The van der Waals surface area contributed by atoms with Gasteiger partial charge in [-0.15, -0.1) is 0 Å². The first-order chi connectivity index (χ1) is 8.63. The van der Waals surface area contributed by atoms with Gasteiger partial charge in [0.05, 0.1) is 18.2 Å². The molecule has 1 N–H and O–H groups in total. The molecule has 2 rings (SSSR count). The Kier molecular flexibility index (Phi) is 3.90. The van der Waals surface area contributed by atoms with Crippen LogP contribution in [0.5, 0.6) is 0 Å². The molecule has 0 aromatic heterocycles. The van der Waals surface area contributed by atoms with Crippen LogP contribution in [0.3, 0.4) is 0 Å². The number of nitriles is 1. The quantitative estimate of drug-likeness (QED) is 0.889. The lowest BCUT2D eigenvalue weighted by molar-refractivity contribution is 0.152. The molecule has 1 aromatic rings. The number of likely N-dealkylation sites (tertiary alicyclic amines) is 1. The molecule has 1 aliphatic heterocycles. The van der Waals surface area contributed by atoms with E-state index < -0.39 is 12.0 Å². The molecule has 0 spiro atoms. The average molecular weight is 252 g/mol. The van der Waals surface area contributed by atoms with E-state index in [0.29, 0.717) is 11.1 Å². The van der Waals surface area contributed by atoms with Gasteiger partial charge in [-0.1, -0.05) is 0 Å². The second-order valence-electron chi connectivity index (χ2n) is 4.52. The van der Waals surface area contributed by atoms with Crippen molar-refractivity contribution in [2.45, 2.75) is 25.2 Å². The van der Waals surface area contributed by atoms with Gasteiger partial charge in [-0.25, -0.2) is 8.78 Å². The molecule has 0 aliphatic carbocycles. The van der Waals surface area contributed by atoms with E-state index in [1.807, 2.05) is 6.07 Å². The lowest BCUT2D eigenvalue weighted by Gasteiger charge is -2.22. The smallest absolute Gasteiger partial charge is 0.127 e. The molecule has 0 unspecified atom stereocenters. The van der Waals surface area contributed by atoms with Gasteiger partial charge in [-0.3, -0.25) is 4.90 Å². The maximum Gasteiger partial charge on any atom is 0.127 e. The van der Waals surface area contributed by atoms with Crippen molar-refractivity contribution in [2.75, 3.05) is 13.2 Å². The molecule has 3 nitrogen and oxygen atoms in total. The summed E-state index contributed by atoms with van der Waals surface area (Å²) in [4.78, 5) is 1.71. The topological polar surface area (TPSA) is 47.3 Å². The Hall–Kier alpha value is -1.51. The van der Waals surface area contributed by atoms with Crippen LogP contribution in [0, 0.1) is 17.1 Å². The molecule has 5 heteroatoms. The predicted molar refractivity (Wildman–Crippen MR) is 61.9 cm³/mol. The number of alkyl halides is 1. The molecule has 1 saturated heterocycles. The Labute approximate surface area is 104 Å². The second kappa shape index (κ2) is 5.42. The summed E-state index contributed by atoms with van der Waals surface area (Å²) in [6.45, 7) is 0.272. The number of aliphatic hydroxyl groups is 1. The number of aliphatic hydroxyl groups excluding tert-OH is 1. The first kappa shape index (κ1) is 12.9. The molecule has 0 bridgehead atoms. The molecule has 96 valence electrons. The third-order valence-electron chi connectivity index (χ3n) is 3.24. The van der Waals surface area contributed by atoms with Crippen LogP contribution in [0.25, 0.3) is 0 Å². The van der Waals surface area contributed by atoms with Crippen molar-refractivity contribution < 1.29 is 13.9 Å². The van der Waals surface area contributed by atoms with Gasteiger partial charge < -0.3 is 5.11 Å². The van der Waals surface area contributed by atoms with Gasteiger partial charge in [0.25, 0.3) is 0 Å². The maximum atomic E-state index is 13.6. The number of rotatable bonds is 3. The molecule has 1 heterocycles. The van der Waals surface area contributed by atoms with Gasteiger partial charge in [-0.2, -0.15) is 5.26 Å². The summed E-state index contributed by atoms with van der Waals surface area (Å²) in [7, 11) is 0. The van der Waals surface area contributed by atoms with Crippen molar-refractivity contribution in [3.63, 3.8) is 0 Å². The Morgan fingerprint density at radius 3 is 2.94 bits per heavy atom. The van der Waals surface area contributed by atoms with Crippen molar-refractivity contribution in [3.05, 3.63) is 35.1 Å². The summed E-state index contributed by atoms with van der Waals surface area (Å²) < 4.78 is 26.9. The summed E-state index contributed by atoms with van der Waals surface area (Å²) in [6.07, 6.45) is -0.708. The van der Waals surface area contributed by atoms with Crippen LogP contribution in [0.4, 0.5) is 8.78 Å².